The lowest BCUT2D eigenvalue weighted by Gasteiger charge is -2.10. The Morgan fingerprint density at radius 2 is 1.34 bits per heavy atom. The van der Waals surface area contributed by atoms with Crippen molar-refractivity contribution in [3.63, 3.8) is 0 Å². The first-order valence-corrected chi connectivity index (χ1v) is 14.3. The van der Waals surface area contributed by atoms with E-state index in [9.17, 15) is 14.9 Å². The molecule has 0 spiro atoms. The predicted octanol–water partition coefficient (Wildman–Crippen LogP) is 8.20. The van der Waals surface area contributed by atoms with Crippen LogP contribution < -0.4 is 10.6 Å². The van der Waals surface area contributed by atoms with Crippen LogP contribution in [0.5, 0.6) is 0 Å². The van der Waals surface area contributed by atoms with Gasteiger partial charge >= 0.3 is 11.7 Å². The van der Waals surface area contributed by atoms with Gasteiger partial charge in [0, 0.05) is 12.2 Å². The zero-order valence-corrected chi connectivity index (χ0v) is 23.2. The van der Waals surface area contributed by atoms with Gasteiger partial charge in [-0.25, -0.2) is 14.8 Å². The minimum atomic E-state index is -0.483. The summed E-state index contributed by atoms with van der Waals surface area (Å²) in [5, 5.41) is 17.9. The molecule has 2 rings (SSSR count). The molecule has 0 saturated carbocycles. The monoisotopic (exact) mass is 527 g/mol. The molecule has 0 aliphatic carbocycles. The molecule has 0 aliphatic rings. The summed E-state index contributed by atoms with van der Waals surface area (Å²) in [5.41, 5.74) is 0.773. The third-order valence-electron chi connectivity index (χ3n) is 6.49. The summed E-state index contributed by atoms with van der Waals surface area (Å²) >= 11 is 0. The first-order chi connectivity index (χ1) is 18.6. The standard InChI is InChI=1S/C29H45N5O4/c1-3-5-6-7-8-9-10-11-12-13-14-15-16-17-22-30-27-26(34(36)37)28(32-23-31-27)33-25-20-18-24(19-21-25)29(35)38-4-2/h18-21,23H,3-17,22H2,1-2H3,(H2,30,31,32,33). The maximum absolute atomic E-state index is 11.8. The quantitative estimate of drug-likeness (QED) is 0.0721. The Kier molecular flexibility index (Phi) is 15.4. The normalized spacial score (nSPS) is 10.8. The van der Waals surface area contributed by atoms with Crippen LogP contribution in [-0.4, -0.2) is 34.0 Å². The van der Waals surface area contributed by atoms with Crippen LogP contribution in [0, 0.1) is 10.1 Å². The van der Waals surface area contributed by atoms with E-state index in [1.165, 1.54) is 83.4 Å². The van der Waals surface area contributed by atoms with Crippen LogP contribution in [0.25, 0.3) is 0 Å². The van der Waals surface area contributed by atoms with Crippen LogP contribution in [0.3, 0.4) is 0 Å². The topological polar surface area (TPSA) is 119 Å². The van der Waals surface area contributed by atoms with Crippen molar-refractivity contribution in [1.82, 2.24) is 9.97 Å². The van der Waals surface area contributed by atoms with Gasteiger partial charge < -0.3 is 15.4 Å². The smallest absolute Gasteiger partial charge is 0.353 e. The Hall–Kier alpha value is -3.23. The van der Waals surface area contributed by atoms with Crippen LogP contribution in [0.15, 0.2) is 30.6 Å². The van der Waals surface area contributed by atoms with E-state index >= 15 is 0 Å². The summed E-state index contributed by atoms with van der Waals surface area (Å²) in [4.78, 5) is 31.3. The van der Waals surface area contributed by atoms with E-state index in [0.717, 1.165) is 12.8 Å². The number of unbranched alkanes of at least 4 members (excludes halogenated alkanes) is 13. The first kappa shape index (κ1) is 31.0. The number of hydrogen-bond donors (Lipinski definition) is 2. The highest BCUT2D eigenvalue weighted by molar-refractivity contribution is 5.90. The number of anilines is 3. The van der Waals surface area contributed by atoms with Crippen LogP contribution in [0.2, 0.25) is 0 Å². The molecule has 1 heterocycles. The molecule has 1 aromatic heterocycles. The number of benzene rings is 1. The molecule has 210 valence electrons. The molecular weight excluding hydrogens is 482 g/mol. The lowest BCUT2D eigenvalue weighted by Crippen LogP contribution is -2.09. The van der Waals surface area contributed by atoms with Crippen molar-refractivity contribution in [1.29, 1.82) is 0 Å². The maximum atomic E-state index is 11.8. The van der Waals surface area contributed by atoms with E-state index in [0.29, 0.717) is 24.4 Å². The van der Waals surface area contributed by atoms with Gasteiger partial charge in [-0.3, -0.25) is 10.1 Å². The second-order valence-electron chi connectivity index (χ2n) is 9.62. The molecule has 2 N–H and O–H groups in total. The molecule has 0 fully saturated rings. The van der Waals surface area contributed by atoms with Crippen molar-refractivity contribution in [2.24, 2.45) is 0 Å². The predicted molar refractivity (Wildman–Crippen MR) is 153 cm³/mol. The van der Waals surface area contributed by atoms with Crippen LogP contribution in [-0.2, 0) is 4.74 Å². The Bertz CT molecular complexity index is 952. The van der Waals surface area contributed by atoms with Crippen molar-refractivity contribution >= 4 is 29.0 Å². The lowest BCUT2D eigenvalue weighted by atomic mass is 10.0. The molecule has 1 aromatic carbocycles. The summed E-state index contributed by atoms with van der Waals surface area (Å²) in [7, 11) is 0. The zero-order valence-electron chi connectivity index (χ0n) is 23.2. The molecule has 2 aromatic rings. The number of ether oxygens (including phenoxy) is 1. The number of nitro groups is 1. The fourth-order valence-corrected chi connectivity index (χ4v) is 4.34. The van der Waals surface area contributed by atoms with Gasteiger partial charge in [-0.2, -0.15) is 0 Å². The summed E-state index contributed by atoms with van der Waals surface area (Å²) in [6.45, 7) is 4.91. The van der Waals surface area contributed by atoms with E-state index in [1.54, 1.807) is 31.2 Å². The lowest BCUT2D eigenvalue weighted by molar-refractivity contribution is -0.383. The van der Waals surface area contributed by atoms with Crippen LogP contribution in [0.1, 0.15) is 114 Å². The van der Waals surface area contributed by atoms with Gasteiger partial charge in [-0.05, 0) is 37.6 Å². The zero-order chi connectivity index (χ0) is 27.4. The average Bonchev–Trinajstić information content (AvgIpc) is 2.91. The number of nitrogens with one attached hydrogen (secondary N) is 2. The van der Waals surface area contributed by atoms with Gasteiger partial charge in [-0.1, -0.05) is 90.4 Å². The summed E-state index contributed by atoms with van der Waals surface area (Å²) < 4.78 is 4.98. The van der Waals surface area contributed by atoms with Crippen LogP contribution >= 0.6 is 0 Å². The second-order valence-corrected chi connectivity index (χ2v) is 9.62. The number of aromatic nitrogens is 2. The third-order valence-corrected chi connectivity index (χ3v) is 6.49. The largest absolute Gasteiger partial charge is 0.462 e. The van der Waals surface area contributed by atoms with Crippen LogP contribution in [0.4, 0.5) is 23.0 Å². The number of rotatable bonds is 21. The van der Waals surface area contributed by atoms with Crippen molar-refractivity contribution in [3.05, 3.63) is 46.3 Å². The van der Waals surface area contributed by atoms with Crippen molar-refractivity contribution < 1.29 is 14.5 Å². The highest BCUT2D eigenvalue weighted by Crippen LogP contribution is 2.31. The highest BCUT2D eigenvalue weighted by atomic mass is 16.6. The Balaban J connectivity index is 1.69. The minimum absolute atomic E-state index is 0.0948. The minimum Gasteiger partial charge on any atom is -0.462 e. The Morgan fingerprint density at radius 3 is 1.87 bits per heavy atom. The molecule has 9 heteroatoms. The Morgan fingerprint density at radius 1 is 0.816 bits per heavy atom. The van der Waals surface area contributed by atoms with Gasteiger partial charge in [0.05, 0.1) is 17.1 Å². The van der Waals surface area contributed by atoms with Crippen molar-refractivity contribution in [2.45, 2.75) is 104 Å². The number of esters is 1. The number of carbonyl (C=O) groups excluding carboxylic acids is 1. The molecule has 9 nitrogen and oxygen atoms in total. The fourth-order valence-electron chi connectivity index (χ4n) is 4.34. The molecule has 0 saturated heterocycles. The van der Waals surface area contributed by atoms with Gasteiger partial charge in [0.1, 0.15) is 6.33 Å². The highest BCUT2D eigenvalue weighted by Gasteiger charge is 2.23. The average molecular weight is 528 g/mol. The number of carbonyl (C=O) groups is 1. The van der Waals surface area contributed by atoms with Crippen molar-refractivity contribution in [2.75, 3.05) is 23.8 Å². The van der Waals surface area contributed by atoms with E-state index in [-0.39, 0.29) is 17.3 Å². The molecule has 0 atom stereocenters. The van der Waals surface area contributed by atoms with Crippen molar-refractivity contribution in [3.8, 4) is 0 Å². The van der Waals surface area contributed by atoms with Gasteiger partial charge in [-0.15, -0.1) is 0 Å². The molecule has 0 radical (unpaired) electrons. The van der Waals surface area contributed by atoms with Gasteiger partial charge in [0.15, 0.2) is 0 Å². The maximum Gasteiger partial charge on any atom is 0.353 e. The first-order valence-electron chi connectivity index (χ1n) is 14.3. The molecule has 0 aliphatic heterocycles. The van der Waals surface area contributed by atoms with E-state index in [2.05, 4.69) is 27.5 Å². The molecule has 0 amide bonds. The summed E-state index contributed by atoms with van der Waals surface area (Å²) in [6, 6.07) is 6.50. The fraction of sp³-hybridized carbons (Fsp3) is 0.621. The second kappa shape index (κ2) is 18.9. The number of nitrogens with zero attached hydrogens (tertiary/aromatic N) is 3. The van der Waals surface area contributed by atoms with Gasteiger partial charge in [0.25, 0.3) is 0 Å². The molecule has 0 bridgehead atoms. The molecule has 0 unspecified atom stereocenters. The molecule has 38 heavy (non-hydrogen) atoms. The summed E-state index contributed by atoms with van der Waals surface area (Å²) in [5.74, 6) is -0.121. The van der Waals surface area contributed by atoms with E-state index < -0.39 is 10.9 Å². The van der Waals surface area contributed by atoms with Gasteiger partial charge in [0.2, 0.25) is 11.6 Å². The SMILES string of the molecule is CCCCCCCCCCCCCCCCNc1ncnc(Nc2ccc(C(=O)OCC)cc2)c1[N+](=O)[O-]. The number of hydrogen-bond acceptors (Lipinski definition) is 8. The van der Waals surface area contributed by atoms with E-state index in [1.807, 2.05) is 0 Å². The summed E-state index contributed by atoms with van der Waals surface area (Å²) in [6.07, 6.45) is 19.3. The molecular formula is C29H45N5O4. The third kappa shape index (κ3) is 11.9. The van der Waals surface area contributed by atoms with E-state index in [4.69, 9.17) is 4.74 Å². The Labute approximate surface area is 227 Å².